The number of nitrogens with one attached hydrogen (secondary N) is 1. The molecule has 2 fully saturated rings. The number of hydrogen-bond acceptors (Lipinski definition) is 5. The third kappa shape index (κ3) is 2.71. The van der Waals surface area contributed by atoms with Gasteiger partial charge in [-0.2, -0.15) is 0 Å². The predicted octanol–water partition coefficient (Wildman–Crippen LogP) is 2.35. The normalized spacial score (nSPS) is 29.1. The van der Waals surface area contributed by atoms with Gasteiger partial charge in [0.15, 0.2) is 0 Å². The number of aromatic nitrogens is 2. The molecule has 2 unspecified atom stereocenters. The predicted molar refractivity (Wildman–Crippen MR) is 84.7 cm³/mol. The van der Waals surface area contributed by atoms with Gasteiger partial charge in [0.2, 0.25) is 0 Å². The summed E-state index contributed by atoms with van der Waals surface area (Å²) in [6, 6.07) is 0. The molecule has 21 heavy (non-hydrogen) atoms. The minimum absolute atomic E-state index is 0.386. The topological polar surface area (TPSA) is 61.3 Å². The zero-order valence-electron chi connectivity index (χ0n) is 13.1. The van der Waals surface area contributed by atoms with Crippen molar-refractivity contribution in [2.24, 2.45) is 5.92 Å². The molecule has 5 heteroatoms. The molecular weight excluding hydrogens is 264 g/mol. The number of anilines is 2. The van der Waals surface area contributed by atoms with Crippen LogP contribution in [0.2, 0.25) is 0 Å². The highest BCUT2D eigenvalue weighted by atomic mass is 16.3. The summed E-state index contributed by atoms with van der Waals surface area (Å²) in [5.74, 6) is 2.33. The van der Waals surface area contributed by atoms with Crippen LogP contribution in [0.15, 0.2) is 6.33 Å². The molecule has 1 saturated carbocycles. The lowest BCUT2D eigenvalue weighted by molar-refractivity contribution is -0.0613. The molecule has 116 valence electrons. The zero-order valence-corrected chi connectivity index (χ0v) is 13.1. The summed E-state index contributed by atoms with van der Waals surface area (Å²) in [7, 11) is 0. The molecule has 0 bridgehead atoms. The van der Waals surface area contributed by atoms with Crippen molar-refractivity contribution in [3.63, 3.8) is 0 Å². The maximum Gasteiger partial charge on any atom is 0.137 e. The lowest BCUT2D eigenvalue weighted by atomic mass is 9.71. The number of nitrogens with zero attached hydrogens (tertiary/aromatic N) is 3. The van der Waals surface area contributed by atoms with Crippen LogP contribution in [-0.4, -0.2) is 40.3 Å². The van der Waals surface area contributed by atoms with Gasteiger partial charge in [0.25, 0.3) is 0 Å². The van der Waals surface area contributed by atoms with Crippen molar-refractivity contribution in [3.8, 4) is 0 Å². The van der Waals surface area contributed by atoms with Crippen molar-refractivity contribution in [1.82, 2.24) is 9.97 Å². The highest BCUT2D eigenvalue weighted by molar-refractivity contribution is 5.58. The molecule has 1 aromatic rings. The molecule has 0 radical (unpaired) electrons. The third-order valence-corrected chi connectivity index (χ3v) is 5.13. The van der Waals surface area contributed by atoms with E-state index in [4.69, 9.17) is 0 Å². The van der Waals surface area contributed by atoms with Gasteiger partial charge < -0.3 is 15.3 Å². The van der Waals surface area contributed by atoms with Crippen LogP contribution >= 0.6 is 0 Å². The summed E-state index contributed by atoms with van der Waals surface area (Å²) in [6.45, 7) is 6.81. The van der Waals surface area contributed by atoms with Crippen molar-refractivity contribution in [3.05, 3.63) is 11.9 Å². The van der Waals surface area contributed by atoms with Gasteiger partial charge in [-0.3, -0.25) is 0 Å². The Hall–Kier alpha value is -1.36. The molecule has 2 N–H and O–H groups in total. The highest BCUT2D eigenvalue weighted by Gasteiger charge is 2.43. The van der Waals surface area contributed by atoms with Crippen LogP contribution in [0.25, 0.3) is 0 Å². The second-order valence-electron chi connectivity index (χ2n) is 6.44. The first-order valence-corrected chi connectivity index (χ1v) is 8.17. The van der Waals surface area contributed by atoms with Crippen molar-refractivity contribution in [1.29, 1.82) is 0 Å². The van der Waals surface area contributed by atoms with E-state index in [1.807, 2.05) is 0 Å². The van der Waals surface area contributed by atoms with Crippen LogP contribution in [0, 0.1) is 12.8 Å². The van der Waals surface area contributed by atoms with Crippen molar-refractivity contribution >= 4 is 11.6 Å². The molecule has 2 aliphatic rings. The van der Waals surface area contributed by atoms with Gasteiger partial charge >= 0.3 is 0 Å². The van der Waals surface area contributed by atoms with E-state index in [-0.39, 0.29) is 0 Å². The average Bonchev–Trinajstić information content (AvgIpc) is 2.49. The smallest absolute Gasteiger partial charge is 0.137 e. The van der Waals surface area contributed by atoms with Gasteiger partial charge in [-0.15, -0.1) is 0 Å². The molecule has 1 aliphatic carbocycles. The Balaban J connectivity index is 1.81. The molecule has 0 amide bonds. The monoisotopic (exact) mass is 290 g/mol. The zero-order chi connectivity index (χ0) is 14.9. The second-order valence-corrected chi connectivity index (χ2v) is 6.44. The molecule has 1 aliphatic heterocycles. The average molecular weight is 290 g/mol. The summed E-state index contributed by atoms with van der Waals surface area (Å²) in [4.78, 5) is 11.2. The fourth-order valence-corrected chi connectivity index (χ4v) is 3.87. The first-order chi connectivity index (χ1) is 10.1. The number of fused-ring (bicyclic) bond motifs is 1. The number of hydrogen-bond donors (Lipinski definition) is 2. The first-order valence-electron chi connectivity index (χ1n) is 8.17. The summed E-state index contributed by atoms with van der Waals surface area (Å²) < 4.78 is 0. The van der Waals surface area contributed by atoms with E-state index in [0.29, 0.717) is 5.92 Å². The van der Waals surface area contributed by atoms with E-state index in [2.05, 4.69) is 34.0 Å². The Morgan fingerprint density at radius 2 is 2.24 bits per heavy atom. The van der Waals surface area contributed by atoms with Crippen molar-refractivity contribution < 1.29 is 5.11 Å². The Kier molecular flexibility index (Phi) is 4.02. The quantitative estimate of drug-likeness (QED) is 0.895. The second kappa shape index (κ2) is 5.79. The SMILES string of the molecule is CCNc1ncnc(N2CCC3(O)CCCCC3C2)c1C. The molecule has 2 atom stereocenters. The number of rotatable bonds is 3. The van der Waals surface area contributed by atoms with E-state index in [1.165, 1.54) is 12.8 Å². The molecule has 0 aromatic carbocycles. The molecule has 0 spiro atoms. The van der Waals surface area contributed by atoms with Crippen LogP contribution in [-0.2, 0) is 0 Å². The molecule has 1 aromatic heterocycles. The lowest BCUT2D eigenvalue weighted by Crippen LogP contribution is -2.53. The van der Waals surface area contributed by atoms with Gasteiger partial charge in [-0.1, -0.05) is 12.8 Å². The molecule has 2 heterocycles. The van der Waals surface area contributed by atoms with Crippen LogP contribution in [0.4, 0.5) is 11.6 Å². The third-order valence-electron chi connectivity index (χ3n) is 5.13. The highest BCUT2D eigenvalue weighted by Crippen LogP contribution is 2.41. The van der Waals surface area contributed by atoms with Gasteiger partial charge in [0, 0.05) is 31.1 Å². The Morgan fingerprint density at radius 1 is 1.38 bits per heavy atom. The maximum absolute atomic E-state index is 10.8. The van der Waals surface area contributed by atoms with Gasteiger partial charge in [-0.05, 0) is 33.1 Å². The van der Waals surface area contributed by atoms with Crippen LogP contribution in [0.5, 0.6) is 0 Å². The summed E-state index contributed by atoms with van der Waals surface area (Å²) >= 11 is 0. The molecular formula is C16H26N4O. The van der Waals surface area contributed by atoms with Crippen molar-refractivity contribution in [2.45, 2.75) is 51.6 Å². The number of aliphatic hydroxyl groups is 1. The van der Waals surface area contributed by atoms with E-state index >= 15 is 0 Å². The first kappa shape index (κ1) is 14.6. The fourth-order valence-electron chi connectivity index (χ4n) is 3.87. The minimum atomic E-state index is -0.430. The van der Waals surface area contributed by atoms with E-state index < -0.39 is 5.60 Å². The van der Waals surface area contributed by atoms with Gasteiger partial charge in [0.1, 0.15) is 18.0 Å². The summed E-state index contributed by atoms with van der Waals surface area (Å²) in [5.41, 5.74) is 0.681. The van der Waals surface area contributed by atoms with Crippen LogP contribution < -0.4 is 10.2 Å². The van der Waals surface area contributed by atoms with E-state index in [1.54, 1.807) is 6.33 Å². The largest absolute Gasteiger partial charge is 0.389 e. The fraction of sp³-hybridized carbons (Fsp3) is 0.750. The van der Waals surface area contributed by atoms with Gasteiger partial charge in [0.05, 0.1) is 5.60 Å². The van der Waals surface area contributed by atoms with E-state index in [9.17, 15) is 5.11 Å². The lowest BCUT2D eigenvalue weighted by Gasteiger charge is -2.48. The molecule has 1 saturated heterocycles. The molecule has 3 rings (SSSR count). The minimum Gasteiger partial charge on any atom is -0.389 e. The van der Waals surface area contributed by atoms with Crippen molar-refractivity contribution in [2.75, 3.05) is 29.9 Å². The van der Waals surface area contributed by atoms with Crippen LogP contribution in [0.1, 0.15) is 44.6 Å². The van der Waals surface area contributed by atoms with E-state index in [0.717, 1.165) is 56.1 Å². The summed E-state index contributed by atoms with van der Waals surface area (Å²) in [5, 5.41) is 14.1. The van der Waals surface area contributed by atoms with Gasteiger partial charge in [-0.25, -0.2) is 9.97 Å². The van der Waals surface area contributed by atoms with Crippen LogP contribution in [0.3, 0.4) is 0 Å². The number of piperidine rings is 1. The molecule has 5 nitrogen and oxygen atoms in total. The Bertz CT molecular complexity index is 507. The maximum atomic E-state index is 10.8. The standard InChI is InChI=1S/C16H26N4O/c1-3-17-14-12(2)15(19-11-18-14)20-9-8-16(21)7-5-4-6-13(16)10-20/h11,13,21H,3-10H2,1-2H3,(H,17,18,19). The Morgan fingerprint density at radius 3 is 3.05 bits per heavy atom. The summed E-state index contributed by atoms with van der Waals surface area (Å²) in [6.07, 6.45) is 7.02. The Labute approximate surface area is 126 Å².